The maximum absolute atomic E-state index is 14.0. The Bertz CT molecular complexity index is 1220. The van der Waals surface area contributed by atoms with Gasteiger partial charge in [0.15, 0.2) is 0 Å². The van der Waals surface area contributed by atoms with Gasteiger partial charge in [-0.3, -0.25) is 9.59 Å². The van der Waals surface area contributed by atoms with Gasteiger partial charge in [0.1, 0.15) is 22.7 Å². The monoisotopic (exact) mass is 489 g/mol. The van der Waals surface area contributed by atoms with Crippen molar-refractivity contribution >= 4 is 11.8 Å². The Kier molecular flexibility index (Phi) is 6.65. The van der Waals surface area contributed by atoms with Crippen LogP contribution in [0.5, 0.6) is 5.75 Å². The standard InChI is InChI=1S/C29H35N3O4/c1-4-35-25-9-6-5-8-21(25)18-32-27(33)24-16-15-23(26-10-7-17-36-26)31(24)19-29(32,3)28(34)30-22-13-11-20(2)12-14-22/h5-10,15-17,20,22H,4,11-14,18-19H2,1-3H3,(H,30,34)/t20?,22?,29-/m1/s1. The molecule has 1 aromatic carbocycles. The number of hydrogen-bond acceptors (Lipinski definition) is 4. The van der Waals surface area contributed by atoms with Gasteiger partial charge in [-0.2, -0.15) is 0 Å². The molecule has 0 bridgehead atoms. The summed E-state index contributed by atoms with van der Waals surface area (Å²) in [5.41, 5.74) is 1.13. The average molecular weight is 490 g/mol. The molecule has 1 atom stereocenters. The highest BCUT2D eigenvalue weighted by Crippen LogP contribution is 2.36. The van der Waals surface area contributed by atoms with E-state index in [9.17, 15) is 9.59 Å². The number of nitrogens with zero attached hydrogens (tertiary/aromatic N) is 2. The number of para-hydroxylation sites is 1. The summed E-state index contributed by atoms with van der Waals surface area (Å²) < 4.78 is 13.4. The number of rotatable bonds is 7. The van der Waals surface area contributed by atoms with Gasteiger partial charge < -0.3 is 23.9 Å². The van der Waals surface area contributed by atoms with E-state index in [1.807, 2.05) is 66.9 Å². The Hall–Kier alpha value is -3.48. The number of amides is 2. The molecule has 1 aliphatic carbocycles. The lowest BCUT2D eigenvalue weighted by molar-refractivity contribution is -0.134. The summed E-state index contributed by atoms with van der Waals surface area (Å²) in [5, 5.41) is 3.30. The molecule has 0 spiro atoms. The topological polar surface area (TPSA) is 76.7 Å². The number of aromatic nitrogens is 1. The van der Waals surface area contributed by atoms with Crippen LogP contribution in [0.2, 0.25) is 0 Å². The molecule has 3 aromatic rings. The van der Waals surface area contributed by atoms with Crippen LogP contribution in [-0.2, 0) is 17.9 Å². The molecule has 0 radical (unpaired) electrons. The first-order chi connectivity index (χ1) is 17.4. The quantitative estimate of drug-likeness (QED) is 0.491. The summed E-state index contributed by atoms with van der Waals surface area (Å²) in [6, 6.07) is 15.3. The Balaban J connectivity index is 1.52. The summed E-state index contributed by atoms with van der Waals surface area (Å²) in [7, 11) is 0. The minimum atomic E-state index is -1.09. The summed E-state index contributed by atoms with van der Waals surface area (Å²) in [6.45, 7) is 7.22. The minimum absolute atomic E-state index is 0.117. The fraction of sp³-hybridized carbons (Fsp3) is 0.448. The van der Waals surface area contributed by atoms with Gasteiger partial charge in [-0.25, -0.2) is 0 Å². The molecule has 1 aliphatic heterocycles. The van der Waals surface area contributed by atoms with Gasteiger partial charge in [0, 0.05) is 11.6 Å². The van der Waals surface area contributed by atoms with Gasteiger partial charge in [0.2, 0.25) is 5.91 Å². The first-order valence-corrected chi connectivity index (χ1v) is 13.0. The van der Waals surface area contributed by atoms with Crippen molar-refractivity contribution in [2.24, 2.45) is 5.92 Å². The zero-order chi connectivity index (χ0) is 25.3. The van der Waals surface area contributed by atoms with Crippen LogP contribution >= 0.6 is 0 Å². The molecule has 7 heteroatoms. The zero-order valence-electron chi connectivity index (χ0n) is 21.3. The van der Waals surface area contributed by atoms with Crippen LogP contribution in [0.15, 0.2) is 59.2 Å². The second kappa shape index (κ2) is 9.88. The van der Waals surface area contributed by atoms with E-state index in [1.54, 1.807) is 11.2 Å². The highest BCUT2D eigenvalue weighted by Gasteiger charge is 2.48. The van der Waals surface area contributed by atoms with Crippen LogP contribution in [0.25, 0.3) is 11.5 Å². The van der Waals surface area contributed by atoms with Crippen LogP contribution in [0.4, 0.5) is 0 Å². The third-order valence-corrected chi connectivity index (χ3v) is 7.72. The average Bonchev–Trinajstić information content (AvgIpc) is 3.54. The molecule has 1 saturated carbocycles. The third-order valence-electron chi connectivity index (χ3n) is 7.72. The third kappa shape index (κ3) is 4.43. The normalized spacial score (nSPS) is 23.9. The van der Waals surface area contributed by atoms with E-state index < -0.39 is 5.54 Å². The SMILES string of the molecule is CCOc1ccccc1CN1C(=O)c2ccc(-c3ccco3)n2C[C@]1(C)C(=O)NC1CCC(C)CC1. The van der Waals surface area contributed by atoms with E-state index >= 15 is 0 Å². The van der Waals surface area contributed by atoms with Crippen molar-refractivity contribution in [2.75, 3.05) is 6.61 Å². The fourth-order valence-electron chi connectivity index (χ4n) is 5.51. The van der Waals surface area contributed by atoms with E-state index in [2.05, 4.69) is 12.2 Å². The second-order valence-corrected chi connectivity index (χ2v) is 10.3. The number of carbonyl (C=O) groups is 2. The van der Waals surface area contributed by atoms with E-state index in [0.717, 1.165) is 42.7 Å². The van der Waals surface area contributed by atoms with E-state index in [4.69, 9.17) is 9.15 Å². The van der Waals surface area contributed by atoms with Crippen molar-refractivity contribution in [1.29, 1.82) is 0 Å². The molecule has 0 unspecified atom stereocenters. The van der Waals surface area contributed by atoms with E-state index in [-0.39, 0.29) is 24.4 Å². The molecule has 5 rings (SSSR count). The summed E-state index contributed by atoms with van der Waals surface area (Å²) in [5.74, 6) is 1.80. The van der Waals surface area contributed by atoms with Crippen LogP contribution in [0.1, 0.15) is 62.5 Å². The van der Waals surface area contributed by atoms with Gasteiger partial charge in [-0.1, -0.05) is 25.1 Å². The first kappa shape index (κ1) is 24.2. The molecule has 36 heavy (non-hydrogen) atoms. The summed E-state index contributed by atoms with van der Waals surface area (Å²) >= 11 is 0. The predicted octanol–water partition coefficient (Wildman–Crippen LogP) is 5.26. The van der Waals surface area contributed by atoms with E-state index in [1.165, 1.54) is 0 Å². The summed E-state index contributed by atoms with van der Waals surface area (Å²) in [4.78, 5) is 29.7. The molecular formula is C29H35N3O4. The number of carbonyl (C=O) groups excluding carboxylic acids is 2. The molecule has 190 valence electrons. The first-order valence-electron chi connectivity index (χ1n) is 13.0. The Morgan fingerprint density at radius 3 is 2.56 bits per heavy atom. The second-order valence-electron chi connectivity index (χ2n) is 10.3. The number of ether oxygens (including phenoxy) is 1. The molecule has 1 fully saturated rings. The number of fused-ring (bicyclic) bond motifs is 1. The summed E-state index contributed by atoms with van der Waals surface area (Å²) in [6.07, 6.45) is 5.77. The van der Waals surface area contributed by atoms with Crippen LogP contribution < -0.4 is 10.1 Å². The highest BCUT2D eigenvalue weighted by atomic mass is 16.5. The lowest BCUT2D eigenvalue weighted by Gasteiger charge is -2.45. The van der Waals surface area contributed by atoms with Gasteiger partial charge >= 0.3 is 0 Å². The number of hydrogen-bond donors (Lipinski definition) is 1. The van der Waals surface area contributed by atoms with Crippen LogP contribution in [0.3, 0.4) is 0 Å². The van der Waals surface area contributed by atoms with Crippen molar-refractivity contribution in [1.82, 2.24) is 14.8 Å². The Morgan fingerprint density at radius 2 is 1.83 bits per heavy atom. The largest absolute Gasteiger partial charge is 0.494 e. The van der Waals surface area contributed by atoms with Gasteiger partial charge in [-0.15, -0.1) is 0 Å². The molecule has 1 N–H and O–H groups in total. The molecule has 3 heterocycles. The molecule has 2 aliphatic rings. The maximum Gasteiger partial charge on any atom is 0.271 e. The predicted molar refractivity (Wildman–Crippen MR) is 138 cm³/mol. The smallest absolute Gasteiger partial charge is 0.271 e. The van der Waals surface area contributed by atoms with Gasteiger partial charge in [0.05, 0.1) is 31.7 Å². The Labute approximate surface area is 212 Å². The molecule has 2 aromatic heterocycles. The van der Waals surface area contributed by atoms with Crippen molar-refractivity contribution in [3.63, 3.8) is 0 Å². The number of benzene rings is 1. The molecular weight excluding hydrogens is 454 g/mol. The van der Waals surface area contributed by atoms with Crippen molar-refractivity contribution in [3.8, 4) is 17.2 Å². The van der Waals surface area contributed by atoms with Gasteiger partial charge in [-0.05, 0) is 75.8 Å². The van der Waals surface area contributed by atoms with Gasteiger partial charge in [0.25, 0.3) is 5.91 Å². The van der Waals surface area contributed by atoms with Crippen LogP contribution in [0, 0.1) is 5.92 Å². The minimum Gasteiger partial charge on any atom is -0.494 e. The van der Waals surface area contributed by atoms with Crippen molar-refractivity contribution < 1.29 is 18.7 Å². The van der Waals surface area contributed by atoms with Crippen LogP contribution in [-0.4, -0.2) is 39.5 Å². The zero-order valence-corrected chi connectivity index (χ0v) is 21.3. The molecule has 2 amide bonds. The lowest BCUT2D eigenvalue weighted by atomic mass is 9.86. The van der Waals surface area contributed by atoms with E-state index in [0.29, 0.717) is 30.5 Å². The van der Waals surface area contributed by atoms with Crippen molar-refractivity contribution in [3.05, 3.63) is 66.1 Å². The number of furan rings is 1. The fourth-order valence-corrected chi connectivity index (χ4v) is 5.51. The number of nitrogens with one attached hydrogen (secondary N) is 1. The molecule has 0 saturated heterocycles. The molecule has 7 nitrogen and oxygen atoms in total. The Morgan fingerprint density at radius 1 is 1.08 bits per heavy atom. The van der Waals surface area contributed by atoms with Crippen molar-refractivity contribution in [2.45, 2.75) is 71.1 Å². The lowest BCUT2D eigenvalue weighted by Crippen LogP contribution is -2.64. The highest BCUT2D eigenvalue weighted by molar-refractivity contribution is 6.00. The maximum atomic E-state index is 14.0.